The molecule has 1 heteroatoms. The van der Waals surface area contributed by atoms with Crippen molar-refractivity contribution in [1.29, 1.82) is 0 Å². The molecule has 0 atom stereocenters. The van der Waals surface area contributed by atoms with Crippen LogP contribution in [-0.4, -0.2) is 0 Å². The van der Waals surface area contributed by atoms with E-state index in [0.717, 1.165) is 11.3 Å². The lowest BCUT2D eigenvalue weighted by atomic mass is 10.2. The van der Waals surface area contributed by atoms with Crippen molar-refractivity contribution in [3.05, 3.63) is 36.8 Å². The van der Waals surface area contributed by atoms with Gasteiger partial charge in [0.2, 0.25) is 0 Å². The highest BCUT2D eigenvalue weighted by Gasteiger charge is 1.94. The van der Waals surface area contributed by atoms with Crippen LogP contribution in [0.3, 0.4) is 0 Å². The lowest BCUT2D eigenvalue weighted by Gasteiger charge is -1.84. The molecule has 1 heterocycles. The van der Waals surface area contributed by atoms with Gasteiger partial charge in [0, 0.05) is 5.56 Å². The first-order valence-corrected chi connectivity index (χ1v) is 4.71. The van der Waals surface area contributed by atoms with Crippen molar-refractivity contribution < 1.29 is 4.42 Å². The second-order valence-corrected chi connectivity index (χ2v) is 1.65. The number of furan rings is 1. The van der Waals surface area contributed by atoms with Gasteiger partial charge in [-0.3, -0.25) is 0 Å². The molecule has 1 nitrogen and oxygen atoms in total. The minimum atomic E-state index is 0.782. The van der Waals surface area contributed by atoms with E-state index in [1.165, 1.54) is 0 Å². The molecule has 0 aliphatic rings. The molecule has 0 amide bonds. The van der Waals surface area contributed by atoms with Crippen molar-refractivity contribution in [3.63, 3.8) is 0 Å². The molecule has 0 spiro atoms. The zero-order valence-corrected chi connectivity index (χ0v) is 9.13. The van der Waals surface area contributed by atoms with Crippen LogP contribution in [0.15, 0.2) is 29.9 Å². The third-order valence-corrected chi connectivity index (χ3v) is 1.13. The van der Waals surface area contributed by atoms with Gasteiger partial charge in [-0.15, -0.1) is 0 Å². The predicted molar refractivity (Wildman–Crippen MR) is 61.6 cm³/mol. The summed E-state index contributed by atoms with van der Waals surface area (Å²) in [7, 11) is 0. The summed E-state index contributed by atoms with van der Waals surface area (Å²) in [6.45, 7) is 15.2. The molecular formula is C12H20O. The SMILES string of the molecule is C=Cc1ccoc1C=C.CC.CC. The average molecular weight is 180 g/mol. The third kappa shape index (κ3) is 5.07. The summed E-state index contributed by atoms with van der Waals surface area (Å²) in [5.74, 6) is 0.782. The van der Waals surface area contributed by atoms with E-state index in [1.54, 1.807) is 18.4 Å². The molecule has 0 saturated heterocycles. The Morgan fingerprint density at radius 2 is 1.62 bits per heavy atom. The summed E-state index contributed by atoms with van der Waals surface area (Å²) in [6.07, 6.45) is 5.02. The Morgan fingerprint density at radius 1 is 1.08 bits per heavy atom. The van der Waals surface area contributed by atoms with E-state index in [4.69, 9.17) is 4.42 Å². The molecule has 0 bridgehead atoms. The summed E-state index contributed by atoms with van der Waals surface area (Å²) in [6, 6.07) is 1.85. The number of hydrogen-bond acceptors (Lipinski definition) is 1. The monoisotopic (exact) mass is 180 g/mol. The van der Waals surface area contributed by atoms with Crippen LogP contribution >= 0.6 is 0 Å². The standard InChI is InChI=1S/C8H8O.2C2H6/c1-3-7-5-6-9-8(7)4-2;2*1-2/h3-6H,1-2H2;2*1-2H3. The van der Waals surface area contributed by atoms with Gasteiger partial charge in [-0.25, -0.2) is 0 Å². The van der Waals surface area contributed by atoms with Crippen LogP contribution in [-0.2, 0) is 0 Å². The van der Waals surface area contributed by atoms with Gasteiger partial charge in [0.25, 0.3) is 0 Å². The predicted octanol–water partition coefficient (Wildman–Crippen LogP) is 4.62. The van der Waals surface area contributed by atoms with E-state index >= 15 is 0 Å². The lowest BCUT2D eigenvalue weighted by Crippen LogP contribution is -1.66. The van der Waals surface area contributed by atoms with Gasteiger partial charge >= 0.3 is 0 Å². The van der Waals surface area contributed by atoms with E-state index in [1.807, 2.05) is 33.8 Å². The Balaban J connectivity index is 0. The highest BCUT2D eigenvalue weighted by molar-refractivity contribution is 5.58. The molecule has 0 aromatic carbocycles. The molecule has 0 aliphatic carbocycles. The molecule has 13 heavy (non-hydrogen) atoms. The molecule has 0 aliphatic heterocycles. The number of rotatable bonds is 2. The minimum absolute atomic E-state index is 0.782. The largest absolute Gasteiger partial charge is 0.464 e. The lowest BCUT2D eigenvalue weighted by molar-refractivity contribution is 0.556. The summed E-state index contributed by atoms with van der Waals surface area (Å²) < 4.78 is 5.02. The zero-order chi connectivity index (χ0) is 10.7. The van der Waals surface area contributed by atoms with Gasteiger partial charge in [-0.1, -0.05) is 46.9 Å². The summed E-state index contributed by atoms with van der Waals surface area (Å²) in [5.41, 5.74) is 0.991. The molecule has 1 aromatic heterocycles. The van der Waals surface area contributed by atoms with E-state index in [9.17, 15) is 0 Å². The molecule has 0 radical (unpaired) electrons. The maximum Gasteiger partial charge on any atom is 0.133 e. The van der Waals surface area contributed by atoms with Gasteiger partial charge in [0.1, 0.15) is 5.76 Å². The molecule has 1 aromatic rings. The Hall–Kier alpha value is -1.24. The van der Waals surface area contributed by atoms with Gasteiger partial charge in [-0.2, -0.15) is 0 Å². The average Bonchev–Trinajstić information content (AvgIpc) is 2.70. The van der Waals surface area contributed by atoms with Crippen molar-refractivity contribution >= 4 is 12.2 Å². The normalized spacial score (nSPS) is 7.08. The van der Waals surface area contributed by atoms with Gasteiger partial charge in [-0.05, 0) is 12.1 Å². The second kappa shape index (κ2) is 10.8. The third-order valence-electron chi connectivity index (χ3n) is 1.13. The molecular weight excluding hydrogens is 160 g/mol. The topological polar surface area (TPSA) is 13.1 Å². The highest BCUT2D eigenvalue weighted by Crippen LogP contribution is 2.11. The fraction of sp³-hybridized carbons (Fsp3) is 0.333. The van der Waals surface area contributed by atoms with Crippen molar-refractivity contribution in [2.75, 3.05) is 0 Å². The van der Waals surface area contributed by atoms with Gasteiger partial charge in [0.05, 0.1) is 6.26 Å². The van der Waals surface area contributed by atoms with Crippen LogP contribution in [0.4, 0.5) is 0 Å². The molecule has 74 valence electrons. The van der Waals surface area contributed by atoms with Gasteiger partial charge < -0.3 is 4.42 Å². The Labute approximate surface area is 81.8 Å². The number of hydrogen-bond donors (Lipinski definition) is 0. The Morgan fingerprint density at radius 3 is 1.92 bits per heavy atom. The van der Waals surface area contributed by atoms with Crippen LogP contribution in [0.1, 0.15) is 39.0 Å². The van der Waals surface area contributed by atoms with Crippen LogP contribution < -0.4 is 0 Å². The van der Waals surface area contributed by atoms with Crippen molar-refractivity contribution in [2.45, 2.75) is 27.7 Å². The minimum Gasteiger partial charge on any atom is -0.464 e. The first-order chi connectivity index (χ1) is 6.38. The quantitative estimate of drug-likeness (QED) is 0.647. The molecule has 0 N–H and O–H groups in total. The maximum absolute atomic E-state index is 5.02. The molecule has 0 unspecified atom stereocenters. The Kier molecular flexibility index (Phi) is 11.8. The fourth-order valence-electron chi connectivity index (χ4n) is 0.665. The van der Waals surface area contributed by atoms with Crippen molar-refractivity contribution in [2.24, 2.45) is 0 Å². The first kappa shape index (κ1) is 14.3. The van der Waals surface area contributed by atoms with Gasteiger partial charge in [0.15, 0.2) is 0 Å². The van der Waals surface area contributed by atoms with Crippen LogP contribution in [0, 0.1) is 0 Å². The van der Waals surface area contributed by atoms with E-state index in [2.05, 4.69) is 13.2 Å². The van der Waals surface area contributed by atoms with E-state index < -0.39 is 0 Å². The second-order valence-electron chi connectivity index (χ2n) is 1.65. The van der Waals surface area contributed by atoms with E-state index in [0.29, 0.717) is 0 Å². The fourth-order valence-corrected chi connectivity index (χ4v) is 0.665. The highest BCUT2D eigenvalue weighted by atomic mass is 16.3. The zero-order valence-electron chi connectivity index (χ0n) is 9.13. The smallest absolute Gasteiger partial charge is 0.133 e. The van der Waals surface area contributed by atoms with E-state index in [-0.39, 0.29) is 0 Å². The van der Waals surface area contributed by atoms with Crippen LogP contribution in [0.2, 0.25) is 0 Å². The van der Waals surface area contributed by atoms with Crippen molar-refractivity contribution in [1.82, 2.24) is 0 Å². The first-order valence-electron chi connectivity index (χ1n) is 4.71. The maximum atomic E-state index is 5.02. The summed E-state index contributed by atoms with van der Waals surface area (Å²) >= 11 is 0. The Bertz CT molecular complexity index is 198. The molecule has 0 saturated carbocycles. The summed E-state index contributed by atoms with van der Waals surface area (Å²) in [4.78, 5) is 0. The van der Waals surface area contributed by atoms with Crippen LogP contribution in [0.5, 0.6) is 0 Å². The summed E-state index contributed by atoms with van der Waals surface area (Å²) in [5, 5.41) is 0. The molecule has 1 rings (SSSR count). The van der Waals surface area contributed by atoms with Crippen LogP contribution in [0.25, 0.3) is 12.2 Å². The molecule has 0 fully saturated rings. The van der Waals surface area contributed by atoms with Crippen molar-refractivity contribution in [3.8, 4) is 0 Å².